The predicted octanol–water partition coefficient (Wildman–Crippen LogP) is 9.93. The summed E-state index contributed by atoms with van der Waals surface area (Å²) in [5.41, 5.74) is 2.32. The topological polar surface area (TPSA) is 18.5 Å². The SMILES string of the molecule is c1ccc2c3c(ccc2c1)Oc1cc(-c2ccc4sc5ccccc5c4c2)c2ccccc2c1O3. The summed E-state index contributed by atoms with van der Waals surface area (Å²) in [6, 6.07) is 38.3. The molecule has 35 heavy (non-hydrogen) atoms. The predicted molar refractivity (Wildman–Crippen MR) is 146 cm³/mol. The Kier molecular flexibility index (Phi) is 3.85. The van der Waals surface area contributed by atoms with E-state index >= 15 is 0 Å². The van der Waals surface area contributed by atoms with Gasteiger partial charge in [-0.3, -0.25) is 0 Å². The van der Waals surface area contributed by atoms with E-state index in [-0.39, 0.29) is 0 Å². The maximum atomic E-state index is 6.59. The zero-order valence-corrected chi connectivity index (χ0v) is 19.4. The van der Waals surface area contributed by atoms with Crippen LogP contribution in [0.1, 0.15) is 0 Å². The Morgan fingerprint density at radius 2 is 1.17 bits per heavy atom. The fraction of sp³-hybridized carbons (Fsp3) is 0. The van der Waals surface area contributed by atoms with Gasteiger partial charge >= 0.3 is 0 Å². The van der Waals surface area contributed by atoms with Crippen molar-refractivity contribution in [1.29, 1.82) is 0 Å². The molecule has 3 heteroatoms. The molecular formula is C32H18O2S. The molecule has 0 radical (unpaired) electrons. The smallest absolute Gasteiger partial charge is 0.178 e. The molecule has 1 aromatic heterocycles. The lowest BCUT2D eigenvalue weighted by molar-refractivity contribution is 0.367. The highest BCUT2D eigenvalue weighted by Gasteiger charge is 2.25. The summed E-state index contributed by atoms with van der Waals surface area (Å²) >= 11 is 1.84. The van der Waals surface area contributed by atoms with Crippen molar-refractivity contribution in [3.05, 3.63) is 109 Å². The molecule has 8 rings (SSSR count). The van der Waals surface area contributed by atoms with Gasteiger partial charge in [-0.1, -0.05) is 78.9 Å². The van der Waals surface area contributed by atoms with Crippen LogP contribution >= 0.6 is 11.3 Å². The Bertz CT molecular complexity index is 1960. The monoisotopic (exact) mass is 466 g/mol. The molecule has 1 aliphatic heterocycles. The van der Waals surface area contributed by atoms with Gasteiger partial charge in [-0.25, -0.2) is 0 Å². The van der Waals surface area contributed by atoms with Crippen molar-refractivity contribution >= 4 is 53.1 Å². The van der Waals surface area contributed by atoms with Gasteiger partial charge in [0.05, 0.1) is 0 Å². The molecule has 6 aromatic carbocycles. The van der Waals surface area contributed by atoms with Crippen molar-refractivity contribution in [3.8, 4) is 34.1 Å². The highest BCUT2D eigenvalue weighted by Crippen LogP contribution is 2.53. The summed E-state index contributed by atoms with van der Waals surface area (Å²) in [6.07, 6.45) is 0. The first kappa shape index (κ1) is 19.0. The van der Waals surface area contributed by atoms with Crippen LogP contribution in [0.2, 0.25) is 0 Å². The van der Waals surface area contributed by atoms with Crippen molar-refractivity contribution < 1.29 is 9.47 Å². The molecule has 0 saturated heterocycles. The summed E-state index contributed by atoms with van der Waals surface area (Å²) in [5.74, 6) is 3.04. The molecule has 7 aromatic rings. The third-order valence-electron chi connectivity index (χ3n) is 6.92. The van der Waals surface area contributed by atoms with Gasteiger partial charge < -0.3 is 9.47 Å². The van der Waals surface area contributed by atoms with Crippen LogP contribution in [-0.2, 0) is 0 Å². The van der Waals surface area contributed by atoms with Crippen LogP contribution in [-0.4, -0.2) is 0 Å². The number of fused-ring (bicyclic) bond motifs is 9. The lowest BCUT2D eigenvalue weighted by Gasteiger charge is -2.24. The van der Waals surface area contributed by atoms with Gasteiger partial charge in [0.1, 0.15) is 0 Å². The Balaban J connectivity index is 1.37. The average Bonchev–Trinajstić information content (AvgIpc) is 3.29. The summed E-state index contributed by atoms with van der Waals surface area (Å²) in [7, 11) is 0. The van der Waals surface area contributed by atoms with Crippen molar-refractivity contribution in [3.63, 3.8) is 0 Å². The van der Waals surface area contributed by atoms with E-state index in [0.29, 0.717) is 0 Å². The van der Waals surface area contributed by atoms with E-state index in [1.807, 2.05) is 29.5 Å². The zero-order valence-electron chi connectivity index (χ0n) is 18.6. The molecule has 0 unspecified atom stereocenters. The van der Waals surface area contributed by atoms with Crippen molar-refractivity contribution in [2.45, 2.75) is 0 Å². The number of rotatable bonds is 1. The molecule has 0 N–H and O–H groups in total. The van der Waals surface area contributed by atoms with Crippen LogP contribution in [0.5, 0.6) is 23.0 Å². The summed E-state index contributed by atoms with van der Waals surface area (Å²) < 4.78 is 15.7. The standard InChI is InChI=1S/C32H18O2S/c1-2-8-21-19(7-1)13-15-27-31(21)34-32-24-11-4-3-9-22(24)25(18-28(32)33-27)20-14-16-30-26(17-20)23-10-5-6-12-29(23)35-30/h1-18H. The molecule has 0 saturated carbocycles. The van der Waals surface area contributed by atoms with Gasteiger partial charge in [0, 0.05) is 30.9 Å². The molecule has 1 aliphatic rings. The third kappa shape index (κ3) is 2.76. The fourth-order valence-electron chi connectivity index (χ4n) is 5.27. The molecule has 0 fully saturated rings. The van der Waals surface area contributed by atoms with E-state index in [2.05, 4.69) is 91.0 Å². The quantitative estimate of drug-likeness (QED) is 0.240. The van der Waals surface area contributed by atoms with Gasteiger partial charge in [-0.05, 0) is 52.2 Å². The molecular weight excluding hydrogens is 448 g/mol. The minimum Gasteiger partial charge on any atom is -0.449 e. The van der Waals surface area contributed by atoms with Crippen LogP contribution in [0, 0.1) is 0 Å². The van der Waals surface area contributed by atoms with Crippen LogP contribution in [0.25, 0.3) is 52.8 Å². The Labute approximate surface area is 205 Å². The van der Waals surface area contributed by atoms with Crippen molar-refractivity contribution in [2.75, 3.05) is 0 Å². The van der Waals surface area contributed by atoms with Crippen LogP contribution < -0.4 is 9.47 Å². The zero-order chi connectivity index (χ0) is 22.9. The Morgan fingerprint density at radius 3 is 2.09 bits per heavy atom. The first-order valence-electron chi connectivity index (χ1n) is 11.7. The van der Waals surface area contributed by atoms with Gasteiger partial charge in [-0.15, -0.1) is 11.3 Å². The summed E-state index contributed by atoms with van der Waals surface area (Å²) in [6.45, 7) is 0. The van der Waals surface area contributed by atoms with Crippen molar-refractivity contribution in [2.24, 2.45) is 0 Å². The average molecular weight is 467 g/mol. The second-order valence-corrected chi connectivity index (χ2v) is 10.0. The summed E-state index contributed by atoms with van der Waals surface area (Å²) in [4.78, 5) is 0. The highest BCUT2D eigenvalue weighted by atomic mass is 32.1. The lowest BCUT2D eigenvalue weighted by Crippen LogP contribution is -2.01. The Morgan fingerprint density at radius 1 is 0.457 bits per heavy atom. The molecule has 0 atom stereocenters. The fourth-order valence-corrected chi connectivity index (χ4v) is 6.35. The van der Waals surface area contributed by atoms with Crippen LogP contribution in [0.4, 0.5) is 0 Å². The van der Waals surface area contributed by atoms with E-state index in [1.54, 1.807) is 0 Å². The molecule has 0 spiro atoms. The van der Waals surface area contributed by atoms with Gasteiger partial charge in [0.2, 0.25) is 0 Å². The second kappa shape index (κ2) is 7.08. The van der Waals surface area contributed by atoms with Crippen molar-refractivity contribution in [1.82, 2.24) is 0 Å². The molecule has 0 amide bonds. The molecule has 2 nitrogen and oxygen atoms in total. The van der Waals surface area contributed by atoms with E-state index in [4.69, 9.17) is 9.47 Å². The number of hydrogen-bond acceptors (Lipinski definition) is 3. The highest BCUT2D eigenvalue weighted by molar-refractivity contribution is 7.25. The molecule has 164 valence electrons. The largest absolute Gasteiger partial charge is 0.449 e. The number of benzene rings is 6. The Hall–Kier alpha value is -4.34. The lowest BCUT2D eigenvalue weighted by atomic mass is 9.95. The van der Waals surface area contributed by atoms with Crippen LogP contribution in [0.3, 0.4) is 0 Å². The van der Waals surface area contributed by atoms with Crippen LogP contribution in [0.15, 0.2) is 109 Å². The van der Waals surface area contributed by atoms with Gasteiger partial charge in [0.25, 0.3) is 0 Å². The first-order valence-corrected chi connectivity index (χ1v) is 12.5. The van der Waals surface area contributed by atoms with E-state index < -0.39 is 0 Å². The number of hydrogen-bond donors (Lipinski definition) is 0. The summed E-state index contributed by atoms with van der Waals surface area (Å²) in [5, 5.41) is 6.98. The molecule has 0 aliphatic carbocycles. The minimum atomic E-state index is 0.747. The second-order valence-electron chi connectivity index (χ2n) is 8.92. The maximum absolute atomic E-state index is 6.59. The molecule has 2 heterocycles. The number of ether oxygens (including phenoxy) is 2. The van der Waals surface area contributed by atoms with Gasteiger partial charge in [0.15, 0.2) is 23.0 Å². The number of thiophene rings is 1. The normalized spacial score (nSPS) is 12.5. The maximum Gasteiger partial charge on any atom is 0.178 e. The van der Waals surface area contributed by atoms with E-state index in [9.17, 15) is 0 Å². The minimum absolute atomic E-state index is 0.747. The molecule has 0 bridgehead atoms. The van der Waals surface area contributed by atoms with E-state index in [0.717, 1.165) is 50.1 Å². The third-order valence-corrected chi connectivity index (χ3v) is 8.07. The first-order chi connectivity index (χ1) is 17.3. The van der Waals surface area contributed by atoms with Gasteiger partial charge in [-0.2, -0.15) is 0 Å². The van der Waals surface area contributed by atoms with E-state index in [1.165, 1.54) is 25.7 Å².